The van der Waals surface area contributed by atoms with Gasteiger partial charge in [0, 0.05) is 17.8 Å². The summed E-state index contributed by atoms with van der Waals surface area (Å²) in [5.41, 5.74) is 2.67. The van der Waals surface area contributed by atoms with Gasteiger partial charge in [-0.25, -0.2) is 4.79 Å². The summed E-state index contributed by atoms with van der Waals surface area (Å²) >= 11 is 0. The van der Waals surface area contributed by atoms with Gasteiger partial charge in [-0.1, -0.05) is 17.3 Å². The summed E-state index contributed by atoms with van der Waals surface area (Å²) in [7, 11) is 0. The zero-order chi connectivity index (χ0) is 17.4. The first-order valence-electron chi connectivity index (χ1n) is 8.17. The summed E-state index contributed by atoms with van der Waals surface area (Å²) in [6.45, 7) is 3.68. The van der Waals surface area contributed by atoms with Gasteiger partial charge in [0.25, 0.3) is 0 Å². The summed E-state index contributed by atoms with van der Waals surface area (Å²) in [5, 5.41) is 6.95. The van der Waals surface area contributed by atoms with Crippen LogP contribution in [-0.2, 0) is 14.4 Å². The van der Waals surface area contributed by atoms with Crippen LogP contribution in [0.15, 0.2) is 53.9 Å². The van der Waals surface area contributed by atoms with Crippen LogP contribution in [0.1, 0.15) is 13.8 Å². The van der Waals surface area contributed by atoms with Gasteiger partial charge in [0.1, 0.15) is 5.52 Å². The number of fused-ring (bicyclic) bond motifs is 2. The maximum absolute atomic E-state index is 11.8. The summed E-state index contributed by atoms with van der Waals surface area (Å²) in [4.78, 5) is 21.7. The molecule has 1 unspecified atom stereocenters. The number of rotatable bonds is 4. The zero-order valence-electron chi connectivity index (χ0n) is 14.0. The predicted molar refractivity (Wildman–Crippen MR) is 94.1 cm³/mol. The van der Waals surface area contributed by atoms with E-state index in [1.165, 1.54) is 0 Å². The fourth-order valence-electron chi connectivity index (χ4n) is 3.02. The standard InChI is InChI=1S/C19H17N3O3/c1-3-24-19(23)12(2)25-21-17-15-8-5-11-22(15)14-7-4-6-13-9-10-20-18(17)16(13)14/h4-12H,3H2,1-2H3/b21-17+. The van der Waals surface area contributed by atoms with Gasteiger partial charge in [-0.05, 0) is 43.5 Å². The maximum atomic E-state index is 11.8. The van der Waals surface area contributed by atoms with E-state index in [2.05, 4.69) is 16.2 Å². The largest absolute Gasteiger partial charge is 0.463 e. The van der Waals surface area contributed by atoms with Gasteiger partial charge in [0.15, 0.2) is 5.36 Å². The first-order valence-corrected chi connectivity index (χ1v) is 8.17. The molecular weight excluding hydrogens is 318 g/mol. The molecule has 6 nitrogen and oxygen atoms in total. The Morgan fingerprint density at radius 3 is 2.92 bits per heavy atom. The quantitative estimate of drug-likeness (QED) is 0.425. The first kappa shape index (κ1) is 15.4. The number of esters is 1. The average Bonchev–Trinajstić information content (AvgIpc) is 3.11. The fraction of sp³-hybridized carbons (Fsp3) is 0.211. The van der Waals surface area contributed by atoms with Gasteiger partial charge in [0.05, 0.1) is 17.6 Å². The van der Waals surface area contributed by atoms with Crippen LogP contribution in [0.3, 0.4) is 0 Å². The summed E-state index contributed by atoms with van der Waals surface area (Å²) < 4.78 is 7.01. The topological polar surface area (TPSA) is 65.2 Å². The van der Waals surface area contributed by atoms with E-state index in [0.29, 0.717) is 12.0 Å². The molecule has 1 atom stereocenters. The van der Waals surface area contributed by atoms with E-state index in [1.54, 1.807) is 20.0 Å². The third-order valence-corrected chi connectivity index (χ3v) is 4.17. The van der Waals surface area contributed by atoms with Crippen LogP contribution in [0.4, 0.5) is 0 Å². The highest BCUT2D eigenvalue weighted by Gasteiger charge is 2.16. The molecule has 0 fully saturated rings. The summed E-state index contributed by atoms with van der Waals surface area (Å²) in [6, 6.07) is 12.0. The molecule has 126 valence electrons. The SMILES string of the molecule is CCOC(=O)C(C)O/N=c1/c2nccc3cccc(c32)n2cccc12. The molecule has 0 spiro atoms. The monoisotopic (exact) mass is 335 g/mol. The van der Waals surface area contributed by atoms with E-state index >= 15 is 0 Å². The van der Waals surface area contributed by atoms with E-state index in [0.717, 1.165) is 27.3 Å². The molecule has 0 radical (unpaired) electrons. The van der Waals surface area contributed by atoms with Gasteiger partial charge in [0.2, 0.25) is 6.10 Å². The predicted octanol–water partition coefficient (Wildman–Crippen LogP) is 2.86. The Morgan fingerprint density at radius 2 is 2.08 bits per heavy atom. The molecule has 1 aromatic carbocycles. The van der Waals surface area contributed by atoms with Crippen molar-refractivity contribution < 1.29 is 14.4 Å². The number of benzene rings is 1. The summed E-state index contributed by atoms with van der Waals surface area (Å²) in [6.07, 6.45) is 2.95. The third-order valence-electron chi connectivity index (χ3n) is 4.17. The Labute approximate surface area is 143 Å². The van der Waals surface area contributed by atoms with Crippen LogP contribution in [0, 0.1) is 0 Å². The molecule has 0 aliphatic carbocycles. The molecule has 0 aliphatic heterocycles. The molecule has 3 heterocycles. The van der Waals surface area contributed by atoms with Gasteiger partial charge in [-0.3, -0.25) is 4.98 Å². The minimum Gasteiger partial charge on any atom is -0.463 e. The Balaban J connectivity index is 1.96. The van der Waals surface area contributed by atoms with Crippen LogP contribution in [-0.4, -0.2) is 28.1 Å². The average molecular weight is 335 g/mol. The number of hydrogen-bond acceptors (Lipinski definition) is 5. The van der Waals surface area contributed by atoms with Crippen LogP contribution in [0.25, 0.3) is 27.3 Å². The molecule has 3 aromatic heterocycles. The minimum atomic E-state index is -0.785. The fourth-order valence-corrected chi connectivity index (χ4v) is 3.02. The maximum Gasteiger partial charge on any atom is 0.349 e. The van der Waals surface area contributed by atoms with Gasteiger partial charge < -0.3 is 14.0 Å². The lowest BCUT2D eigenvalue weighted by Crippen LogP contribution is -2.23. The van der Waals surface area contributed by atoms with E-state index in [-0.39, 0.29) is 0 Å². The number of carbonyl (C=O) groups excluding carboxylic acids is 1. The number of ether oxygens (including phenoxy) is 1. The van der Waals surface area contributed by atoms with Crippen molar-refractivity contribution in [3.63, 3.8) is 0 Å². The molecule has 0 bridgehead atoms. The van der Waals surface area contributed by atoms with E-state index in [9.17, 15) is 4.79 Å². The second kappa shape index (κ2) is 6.05. The highest BCUT2D eigenvalue weighted by Crippen LogP contribution is 2.24. The smallest absolute Gasteiger partial charge is 0.349 e. The van der Waals surface area contributed by atoms with Crippen molar-refractivity contribution in [3.05, 3.63) is 54.1 Å². The summed E-state index contributed by atoms with van der Waals surface area (Å²) in [5.74, 6) is -0.440. The van der Waals surface area contributed by atoms with E-state index in [4.69, 9.17) is 9.57 Å². The third kappa shape index (κ3) is 2.46. The molecule has 4 rings (SSSR count). The highest BCUT2D eigenvalue weighted by molar-refractivity contribution is 6.08. The molecule has 0 saturated heterocycles. The van der Waals surface area contributed by atoms with Crippen LogP contribution < -0.4 is 5.36 Å². The van der Waals surface area contributed by atoms with Crippen molar-refractivity contribution in [2.75, 3.05) is 6.61 Å². The lowest BCUT2D eigenvalue weighted by atomic mass is 10.1. The van der Waals surface area contributed by atoms with Crippen molar-refractivity contribution in [3.8, 4) is 0 Å². The van der Waals surface area contributed by atoms with Crippen LogP contribution in [0.5, 0.6) is 0 Å². The van der Waals surface area contributed by atoms with E-state index < -0.39 is 12.1 Å². The molecule has 0 N–H and O–H groups in total. The Bertz CT molecular complexity index is 1130. The van der Waals surface area contributed by atoms with Gasteiger partial charge in [-0.2, -0.15) is 0 Å². The second-order valence-electron chi connectivity index (χ2n) is 5.74. The van der Waals surface area contributed by atoms with Gasteiger partial charge in [-0.15, -0.1) is 0 Å². The molecule has 25 heavy (non-hydrogen) atoms. The Kier molecular flexibility index (Phi) is 3.72. The molecule has 6 heteroatoms. The lowest BCUT2D eigenvalue weighted by Gasteiger charge is -2.10. The zero-order valence-corrected chi connectivity index (χ0v) is 14.0. The Hall–Kier alpha value is -3.15. The molecule has 0 saturated carbocycles. The van der Waals surface area contributed by atoms with Crippen molar-refractivity contribution in [2.45, 2.75) is 20.0 Å². The van der Waals surface area contributed by atoms with Crippen molar-refractivity contribution in [1.82, 2.24) is 9.38 Å². The Morgan fingerprint density at radius 1 is 1.24 bits per heavy atom. The van der Waals surface area contributed by atoms with E-state index in [1.807, 2.05) is 40.9 Å². The van der Waals surface area contributed by atoms with Crippen molar-refractivity contribution >= 4 is 33.3 Å². The highest BCUT2D eigenvalue weighted by atomic mass is 16.7. The number of carbonyl (C=O) groups is 1. The van der Waals surface area contributed by atoms with Crippen molar-refractivity contribution in [1.29, 1.82) is 0 Å². The van der Waals surface area contributed by atoms with Gasteiger partial charge >= 0.3 is 5.97 Å². The normalized spacial score (nSPS) is 13.6. The lowest BCUT2D eigenvalue weighted by molar-refractivity contribution is -0.155. The number of hydrogen-bond donors (Lipinski definition) is 0. The van der Waals surface area contributed by atoms with Crippen LogP contribution >= 0.6 is 0 Å². The number of nitrogens with zero attached hydrogens (tertiary/aromatic N) is 3. The second-order valence-corrected chi connectivity index (χ2v) is 5.74. The molecule has 4 aromatic rings. The number of pyridine rings is 2. The van der Waals surface area contributed by atoms with Crippen molar-refractivity contribution in [2.24, 2.45) is 5.16 Å². The van der Waals surface area contributed by atoms with Crippen LogP contribution in [0.2, 0.25) is 0 Å². The first-order chi connectivity index (χ1) is 12.2. The molecule has 0 amide bonds. The number of aromatic nitrogens is 2. The minimum absolute atomic E-state index is 0.306. The molecule has 0 aliphatic rings. The molecular formula is C19H17N3O3.